The molecule has 2 aliphatic rings. The summed E-state index contributed by atoms with van der Waals surface area (Å²) in [7, 11) is 0. The van der Waals surface area contributed by atoms with Crippen molar-refractivity contribution in [2.45, 2.75) is 32.3 Å². The smallest absolute Gasteiger partial charge is 0.261 e. The van der Waals surface area contributed by atoms with Gasteiger partial charge in [-0.1, -0.05) is 6.92 Å². The minimum atomic E-state index is -0.881. The van der Waals surface area contributed by atoms with Gasteiger partial charge >= 0.3 is 0 Å². The number of morpholine rings is 1. The van der Waals surface area contributed by atoms with E-state index in [2.05, 4.69) is 20.3 Å². The SMILES string of the molecule is CCC(=O)[C@]1(C)Cc2cc(NC(=O)c3cnn4cccnc34)c(N3CCOCC3)cc2O1. The maximum Gasteiger partial charge on any atom is 0.261 e. The maximum atomic E-state index is 13.2. The summed E-state index contributed by atoms with van der Waals surface area (Å²) in [5, 5.41) is 7.26. The van der Waals surface area contributed by atoms with Crippen LogP contribution in [0.2, 0.25) is 0 Å². The summed E-state index contributed by atoms with van der Waals surface area (Å²) in [6.45, 7) is 6.28. The molecule has 0 spiro atoms. The van der Waals surface area contributed by atoms with Crippen LogP contribution in [0.3, 0.4) is 0 Å². The molecule has 32 heavy (non-hydrogen) atoms. The highest BCUT2D eigenvalue weighted by Gasteiger charge is 2.41. The van der Waals surface area contributed by atoms with Gasteiger partial charge in [0.25, 0.3) is 5.91 Å². The standard InChI is InChI=1S/C23H25N5O4/c1-3-20(29)23(2)13-15-11-17(18(12-19(15)32-23)27-7-9-31-10-8-27)26-22(30)16-14-25-28-6-4-5-24-21(16)28/h4-6,11-12,14H,3,7-10,13H2,1-2H3,(H,26,30)/t23-/m0/s1. The van der Waals surface area contributed by atoms with Gasteiger partial charge in [-0.05, 0) is 19.1 Å². The lowest BCUT2D eigenvalue weighted by Gasteiger charge is -2.31. The minimum absolute atomic E-state index is 0.0598. The Labute approximate surface area is 185 Å². The lowest BCUT2D eigenvalue weighted by molar-refractivity contribution is -0.131. The fourth-order valence-corrected chi connectivity index (χ4v) is 4.36. The largest absolute Gasteiger partial charge is 0.479 e. The summed E-state index contributed by atoms with van der Waals surface area (Å²) >= 11 is 0. The molecule has 4 heterocycles. The Kier molecular flexibility index (Phi) is 5.05. The quantitative estimate of drug-likeness (QED) is 0.657. The molecule has 3 aromatic rings. The fraction of sp³-hybridized carbons (Fsp3) is 0.391. The molecule has 0 radical (unpaired) electrons. The Balaban J connectivity index is 1.51. The molecule has 1 N–H and O–H groups in total. The number of aromatic nitrogens is 3. The molecular formula is C23H25N5O4. The van der Waals surface area contributed by atoms with Crippen LogP contribution in [0.4, 0.5) is 11.4 Å². The number of ketones is 1. The lowest BCUT2D eigenvalue weighted by Crippen LogP contribution is -2.39. The zero-order valence-corrected chi connectivity index (χ0v) is 18.1. The van der Waals surface area contributed by atoms with Crippen LogP contribution in [-0.4, -0.2) is 58.2 Å². The van der Waals surface area contributed by atoms with Gasteiger partial charge in [0.05, 0.1) is 30.8 Å². The number of amides is 1. The third-order valence-corrected chi connectivity index (χ3v) is 6.08. The number of carbonyl (C=O) groups is 2. The van der Waals surface area contributed by atoms with Crippen LogP contribution in [0.1, 0.15) is 36.2 Å². The molecule has 0 unspecified atom stereocenters. The first-order valence-corrected chi connectivity index (χ1v) is 10.8. The number of ether oxygens (including phenoxy) is 2. The molecule has 9 nitrogen and oxygen atoms in total. The number of anilines is 2. The van der Waals surface area contributed by atoms with E-state index in [1.54, 1.807) is 23.0 Å². The van der Waals surface area contributed by atoms with Crippen molar-refractivity contribution >= 4 is 28.7 Å². The number of nitrogens with one attached hydrogen (secondary N) is 1. The van der Waals surface area contributed by atoms with Gasteiger partial charge in [0.1, 0.15) is 11.3 Å². The number of Topliss-reactive ketones (excluding diaryl/α,β-unsaturated/α-hetero) is 1. The van der Waals surface area contributed by atoms with Crippen LogP contribution in [0.15, 0.2) is 36.8 Å². The zero-order valence-electron chi connectivity index (χ0n) is 18.1. The van der Waals surface area contributed by atoms with Crippen molar-refractivity contribution in [1.29, 1.82) is 0 Å². The third kappa shape index (κ3) is 3.48. The number of carbonyl (C=O) groups excluding carboxylic acids is 2. The Bertz CT molecular complexity index is 1200. The van der Waals surface area contributed by atoms with Gasteiger partial charge in [-0.25, -0.2) is 9.50 Å². The summed E-state index contributed by atoms with van der Waals surface area (Å²) in [5.74, 6) is 0.454. The second-order valence-corrected chi connectivity index (χ2v) is 8.26. The summed E-state index contributed by atoms with van der Waals surface area (Å²) < 4.78 is 13.2. The molecule has 9 heteroatoms. The second kappa shape index (κ2) is 7.90. The van der Waals surface area contributed by atoms with Crippen molar-refractivity contribution < 1.29 is 19.1 Å². The summed E-state index contributed by atoms with van der Waals surface area (Å²) in [6, 6.07) is 5.61. The van der Waals surface area contributed by atoms with Crippen LogP contribution >= 0.6 is 0 Å². The van der Waals surface area contributed by atoms with Gasteiger partial charge in [-0.15, -0.1) is 0 Å². The van der Waals surface area contributed by atoms with Crippen LogP contribution in [0.5, 0.6) is 5.75 Å². The Hall–Kier alpha value is -3.46. The van der Waals surface area contributed by atoms with E-state index in [-0.39, 0.29) is 11.7 Å². The van der Waals surface area contributed by atoms with Gasteiger partial charge < -0.3 is 19.7 Å². The van der Waals surface area contributed by atoms with E-state index in [4.69, 9.17) is 9.47 Å². The van der Waals surface area contributed by atoms with Crippen LogP contribution in [0.25, 0.3) is 5.65 Å². The number of rotatable bonds is 5. The van der Waals surface area contributed by atoms with E-state index in [0.29, 0.717) is 61.8 Å². The molecule has 1 amide bonds. The van der Waals surface area contributed by atoms with Crippen molar-refractivity contribution in [2.24, 2.45) is 0 Å². The van der Waals surface area contributed by atoms with Crippen LogP contribution in [0, 0.1) is 0 Å². The molecule has 1 fully saturated rings. The van der Waals surface area contributed by atoms with E-state index < -0.39 is 5.60 Å². The van der Waals surface area contributed by atoms with E-state index in [1.807, 2.05) is 26.0 Å². The molecule has 5 rings (SSSR count). The number of hydrogen-bond donors (Lipinski definition) is 1. The predicted molar refractivity (Wildman–Crippen MR) is 118 cm³/mol. The minimum Gasteiger partial charge on any atom is -0.479 e. The van der Waals surface area contributed by atoms with Crippen LogP contribution < -0.4 is 15.0 Å². The van der Waals surface area contributed by atoms with Crippen molar-refractivity contribution in [3.8, 4) is 5.75 Å². The molecule has 1 saturated heterocycles. The third-order valence-electron chi connectivity index (χ3n) is 6.08. The number of nitrogens with zero attached hydrogens (tertiary/aromatic N) is 4. The van der Waals surface area contributed by atoms with Crippen molar-refractivity contribution in [1.82, 2.24) is 14.6 Å². The van der Waals surface area contributed by atoms with E-state index in [1.165, 1.54) is 6.20 Å². The highest BCUT2D eigenvalue weighted by Crippen LogP contribution is 2.42. The van der Waals surface area contributed by atoms with Crippen molar-refractivity contribution in [3.63, 3.8) is 0 Å². The van der Waals surface area contributed by atoms with Gasteiger partial charge in [-0.2, -0.15) is 5.10 Å². The fourth-order valence-electron chi connectivity index (χ4n) is 4.36. The number of fused-ring (bicyclic) bond motifs is 2. The van der Waals surface area contributed by atoms with Gasteiger partial charge in [0.2, 0.25) is 0 Å². The first kappa shape index (κ1) is 20.4. The highest BCUT2D eigenvalue weighted by molar-refractivity contribution is 6.09. The van der Waals surface area contributed by atoms with Gasteiger partial charge in [0.15, 0.2) is 17.0 Å². The Morgan fingerprint density at radius 1 is 1.25 bits per heavy atom. The normalized spacial score (nSPS) is 20.1. The molecule has 1 atom stereocenters. The van der Waals surface area contributed by atoms with Crippen molar-refractivity contribution in [3.05, 3.63) is 47.9 Å². The van der Waals surface area contributed by atoms with Gasteiger partial charge in [-0.3, -0.25) is 9.59 Å². The molecule has 2 aliphatic heterocycles. The van der Waals surface area contributed by atoms with Crippen molar-refractivity contribution in [2.75, 3.05) is 36.5 Å². The first-order valence-electron chi connectivity index (χ1n) is 10.8. The maximum absolute atomic E-state index is 13.2. The molecule has 2 aromatic heterocycles. The van der Waals surface area contributed by atoms with E-state index in [9.17, 15) is 9.59 Å². The molecular weight excluding hydrogens is 410 g/mol. The lowest BCUT2D eigenvalue weighted by atomic mass is 9.93. The van der Waals surface area contributed by atoms with E-state index in [0.717, 1.165) is 11.3 Å². The Morgan fingerprint density at radius 2 is 2.06 bits per heavy atom. The van der Waals surface area contributed by atoms with Crippen LogP contribution in [-0.2, 0) is 16.0 Å². The average Bonchev–Trinajstić information content (AvgIpc) is 3.39. The molecule has 0 saturated carbocycles. The second-order valence-electron chi connectivity index (χ2n) is 8.26. The molecule has 166 valence electrons. The first-order chi connectivity index (χ1) is 15.5. The molecule has 0 aliphatic carbocycles. The number of hydrogen-bond acceptors (Lipinski definition) is 7. The summed E-state index contributed by atoms with van der Waals surface area (Å²) in [4.78, 5) is 32.1. The average molecular weight is 435 g/mol. The van der Waals surface area contributed by atoms with Gasteiger partial charge in [0, 0.05) is 50.0 Å². The molecule has 1 aromatic carbocycles. The monoisotopic (exact) mass is 435 g/mol. The summed E-state index contributed by atoms with van der Waals surface area (Å²) in [6.07, 6.45) is 5.77. The zero-order chi connectivity index (χ0) is 22.3. The van der Waals surface area contributed by atoms with E-state index >= 15 is 0 Å². The topological polar surface area (TPSA) is 98.1 Å². The Morgan fingerprint density at radius 3 is 2.84 bits per heavy atom. The predicted octanol–water partition coefficient (Wildman–Crippen LogP) is 2.49. The number of benzene rings is 1. The highest BCUT2D eigenvalue weighted by atomic mass is 16.5. The molecule has 0 bridgehead atoms. The summed E-state index contributed by atoms with van der Waals surface area (Å²) in [5.41, 5.74) is 2.42.